The van der Waals surface area contributed by atoms with Crippen LogP contribution >= 0.6 is 0 Å². The van der Waals surface area contributed by atoms with Crippen molar-refractivity contribution >= 4 is 5.91 Å². The lowest BCUT2D eigenvalue weighted by Gasteiger charge is -2.28. The lowest BCUT2D eigenvalue weighted by atomic mass is 10.1. The van der Waals surface area contributed by atoms with Gasteiger partial charge < -0.3 is 4.90 Å². The second-order valence-electron chi connectivity index (χ2n) is 4.06. The van der Waals surface area contributed by atoms with Crippen molar-refractivity contribution < 1.29 is 4.79 Å². The molecule has 0 aromatic heterocycles. The van der Waals surface area contributed by atoms with Gasteiger partial charge in [0.1, 0.15) is 0 Å². The van der Waals surface area contributed by atoms with Gasteiger partial charge in [-0.3, -0.25) is 4.79 Å². The summed E-state index contributed by atoms with van der Waals surface area (Å²) < 4.78 is 0. The van der Waals surface area contributed by atoms with Crippen LogP contribution in [0, 0.1) is 0 Å². The molecule has 0 aliphatic heterocycles. The van der Waals surface area contributed by atoms with E-state index < -0.39 is 0 Å². The molecular weight excluding hydrogens is 210 g/mol. The Balaban J connectivity index is 2.86. The number of hydrogen-bond donors (Lipinski definition) is 0. The third kappa shape index (κ3) is 3.74. The average Bonchev–Trinajstić information content (AvgIpc) is 2.39. The number of amides is 1. The summed E-state index contributed by atoms with van der Waals surface area (Å²) in [7, 11) is 0. The first-order chi connectivity index (χ1) is 8.20. The fourth-order valence-corrected chi connectivity index (χ4v) is 1.81. The van der Waals surface area contributed by atoms with Crippen molar-refractivity contribution in [2.24, 2.45) is 0 Å². The third-order valence-electron chi connectivity index (χ3n) is 2.91. The SMILES string of the molecule is C/C=C\CN(C(=O)CC)[C@@H](C)c1ccccc1. The Hall–Kier alpha value is -1.57. The Bertz CT molecular complexity index is 370. The molecular formula is C15H21NO. The zero-order valence-corrected chi connectivity index (χ0v) is 10.9. The maximum absolute atomic E-state index is 11.9. The highest BCUT2D eigenvalue weighted by Gasteiger charge is 2.18. The van der Waals surface area contributed by atoms with Crippen LogP contribution in [0.25, 0.3) is 0 Å². The molecule has 1 amide bonds. The van der Waals surface area contributed by atoms with E-state index in [4.69, 9.17) is 0 Å². The van der Waals surface area contributed by atoms with Crippen molar-refractivity contribution in [3.8, 4) is 0 Å². The number of nitrogens with zero attached hydrogens (tertiary/aromatic N) is 1. The minimum absolute atomic E-state index is 0.125. The molecule has 0 fully saturated rings. The van der Waals surface area contributed by atoms with E-state index >= 15 is 0 Å². The van der Waals surface area contributed by atoms with Crippen LogP contribution in [0.5, 0.6) is 0 Å². The lowest BCUT2D eigenvalue weighted by molar-refractivity contribution is -0.132. The molecule has 0 aliphatic carbocycles. The standard InChI is InChI=1S/C15H21NO/c1-4-6-12-16(15(17)5-2)13(3)14-10-8-7-9-11-14/h4,6-11,13H,5,12H2,1-3H3/b6-4-/t13-/m0/s1. The van der Waals surface area contributed by atoms with Gasteiger partial charge in [-0.1, -0.05) is 49.4 Å². The summed E-state index contributed by atoms with van der Waals surface area (Å²) in [4.78, 5) is 13.8. The van der Waals surface area contributed by atoms with Gasteiger partial charge in [0, 0.05) is 13.0 Å². The molecule has 0 radical (unpaired) electrons. The number of carbonyl (C=O) groups excluding carboxylic acids is 1. The molecule has 2 heteroatoms. The van der Waals surface area contributed by atoms with E-state index in [1.54, 1.807) is 0 Å². The number of rotatable bonds is 5. The van der Waals surface area contributed by atoms with Crippen molar-refractivity contribution in [3.63, 3.8) is 0 Å². The molecule has 0 saturated heterocycles. The second kappa shape index (κ2) is 6.89. The Morgan fingerprint density at radius 2 is 2.00 bits per heavy atom. The summed E-state index contributed by atoms with van der Waals surface area (Å²) in [6.07, 6.45) is 4.55. The zero-order valence-electron chi connectivity index (χ0n) is 10.9. The predicted octanol–water partition coefficient (Wildman–Crippen LogP) is 3.56. The number of allylic oxidation sites excluding steroid dienone is 1. The van der Waals surface area contributed by atoms with Gasteiger partial charge in [-0.25, -0.2) is 0 Å². The molecule has 1 aromatic carbocycles. The molecule has 0 N–H and O–H groups in total. The first kappa shape index (κ1) is 13.5. The van der Waals surface area contributed by atoms with Gasteiger partial charge in [0.2, 0.25) is 5.91 Å². The monoisotopic (exact) mass is 231 g/mol. The Morgan fingerprint density at radius 1 is 1.35 bits per heavy atom. The molecule has 17 heavy (non-hydrogen) atoms. The van der Waals surface area contributed by atoms with E-state index in [0.29, 0.717) is 13.0 Å². The van der Waals surface area contributed by atoms with E-state index in [2.05, 4.69) is 19.1 Å². The second-order valence-corrected chi connectivity index (χ2v) is 4.06. The molecule has 92 valence electrons. The van der Waals surface area contributed by atoms with Gasteiger partial charge in [0.15, 0.2) is 0 Å². The molecule has 0 spiro atoms. The predicted molar refractivity (Wildman–Crippen MR) is 71.7 cm³/mol. The molecule has 0 heterocycles. The molecule has 0 bridgehead atoms. The Labute approximate surface area is 104 Å². The van der Waals surface area contributed by atoms with E-state index in [9.17, 15) is 4.79 Å². The minimum atomic E-state index is 0.125. The van der Waals surface area contributed by atoms with Gasteiger partial charge in [-0.15, -0.1) is 0 Å². The number of benzene rings is 1. The van der Waals surface area contributed by atoms with Crippen LogP contribution < -0.4 is 0 Å². The van der Waals surface area contributed by atoms with Crippen molar-refractivity contribution in [2.45, 2.75) is 33.2 Å². The molecule has 1 rings (SSSR count). The third-order valence-corrected chi connectivity index (χ3v) is 2.91. The van der Waals surface area contributed by atoms with E-state index in [0.717, 1.165) is 0 Å². The van der Waals surface area contributed by atoms with Gasteiger partial charge in [0.05, 0.1) is 6.04 Å². The Kier molecular flexibility index (Phi) is 5.47. The quantitative estimate of drug-likeness (QED) is 0.709. The number of carbonyl (C=O) groups is 1. The Morgan fingerprint density at radius 3 is 2.53 bits per heavy atom. The largest absolute Gasteiger partial charge is 0.332 e. The minimum Gasteiger partial charge on any atom is -0.332 e. The normalized spacial score (nSPS) is 12.6. The first-order valence-electron chi connectivity index (χ1n) is 6.16. The van der Waals surface area contributed by atoms with Gasteiger partial charge in [0.25, 0.3) is 0 Å². The highest BCUT2D eigenvalue weighted by atomic mass is 16.2. The zero-order chi connectivity index (χ0) is 12.7. The van der Waals surface area contributed by atoms with Crippen LogP contribution in [0.4, 0.5) is 0 Å². The summed E-state index contributed by atoms with van der Waals surface area (Å²) in [5.74, 6) is 0.194. The smallest absolute Gasteiger partial charge is 0.223 e. The lowest BCUT2D eigenvalue weighted by Crippen LogP contribution is -2.33. The molecule has 0 unspecified atom stereocenters. The topological polar surface area (TPSA) is 20.3 Å². The van der Waals surface area contributed by atoms with Crippen molar-refractivity contribution in [1.82, 2.24) is 4.90 Å². The van der Waals surface area contributed by atoms with Crippen molar-refractivity contribution in [2.75, 3.05) is 6.54 Å². The highest BCUT2D eigenvalue weighted by Crippen LogP contribution is 2.20. The number of hydrogen-bond acceptors (Lipinski definition) is 1. The first-order valence-corrected chi connectivity index (χ1v) is 6.16. The fourth-order valence-electron chi connectivity index (χ4n) is 1.81. The van der Waals surface area contributed by atoms with E-state index in [-0.39, 0.29) is 11.9 Å². The van der Waals surface area contributed by atoms with Gasteiger partial charge >= 0.3 is 0 Å². The fraction of sp³-hybridized carbons (Fsp3) is 0.400. The molecule has 1 atom stereocenters. The maximum atomic E-state index is 11.9. The van der Waals surface area contributed by atoms with Crippen LogP contribution in [0.1, 0.15) is 38.8 Å². The molecule has 1 aromatic rings. The van der Waals surface area contributed by atoms with Crippen molar-refractivity contribution in [1.29, 1.82) is 0 Å². The van der Waals surface area contributed by atoms with Gasteiger partial charge in [-0.2, -0.15) is 0 Å². The van der Waals surface area contributed by atoms with Crippen LogP contribution in [-0.2, 0) is 4.79 Å². The molecule has 2 nitrogen and oxygen atoms in total. The molecule has 0 aliphatic rings. The van der Waals surface area contributed by atoms with Crippen LogP contribution in [-0.4, -0.2) is 17.4 Å². The summed E-state index contributed by atoms with van der Waals surface area (Å²) >= 11 is 0. The summed E-state index contributed by atoms with van der Waals surface area (Å²) in [6, 6.07) is 10.3. The average molecular weight is 231 g/mol. The summed E-state index contributed by atoms with van der Waals surface area (Å²) in [6.45, 7) is 6.64. The maximum Gasteiger partial charge on any atom is 0.223 e. The van der Waals surface area contributed by atoms with Crippen molar-refractivity contribution in [3.05, 3.63) is 48.0 Å². The van der Waals surface area contributed by atoms with E-state index in [1.807, 2.05) is 49.1 Å². The van der Waals surface area contributed by atoms with Crippen LogP contribution in [0.2, 0.25) is 0 Å². The van der Waals surface area contributed by atoms with Gasteiger partial charge in [-0.05, 0) is 19.4 Å². The van der Waals surface area contributed by atoms with E-state index in [1.165, 1.54) is 5.56 Å². The highest BCUT2D eigenvalue weighted by molar-refractivity contribution is 5.76. The molecule has 0 saturated carbocycles. The van der Waals surface area contributed by atoms with Crippen LogP contribution in [0.3, 0.4) is 0 Å². The summed E-state index contributed by atoms with van der Waals surface area (Å²) in [5, 5.41) is 0. The summed E-state index contributed by atoms with van der Waals surface area (Å²) in [5.41, 5.74) is 1.18. The van der Waals surface area contributed by atoms with Crippen LogP contribution in [0.15, 0.2) is 42.5 Å².